The van der Waals surface area contributed by atoms with E-state index in [1.165, 1.54) is 0 Å². The SMILES string of the molecule is C=CC[C@@H](N)c1cccc(Cl)c1I. The van der Waals surface area contributed by atoms with Gasteiger partial charge < -0.3 is 5.73 Å². The van der Waals surface area contributed by atoms with Crippen LogP contribution in [-0.4, -0.2) is 0 Å². The van der Waals surface area contributed by atoms with Crippen LogP contribution in [0.4, 0.5) is 0 Å². The van der Waals surface area contributed by atoms with E-state index in [1.807, 2.05) is 24.3 Å². The first kappa shape index (κ1) is 11.0. The minimum atomic E-state index is 0.00287. The predicted octanol–water partition coefficient (Wildman–Crippen LogP) is 3.52. The van der Waals surface area contributed by atoms with E-state index in [1.54, 1.807) is 0 Å². The molecule has 70 valence electrons. The van der Waals surface area contributed by atoms with Gasteiger partial charge in [-0.25, -0.2) is 0 Å². The summed E-state index contributed by atoms with van der Waals surface area (Å²) in [5.41, 5.74) is 7.03. The van der Waals surface area contributed by atoms with Crippen molar-refractivity contribution in [1.82, 2.24) is 0 Å². The fourth-order valence-corrected chi connectivity index (χ4v) is 2.05. The molecule has 1 nitrogen and oxygen atoms in total. The van der Waals surface area contributed by atoms with Crippen molar-refractivity contribution in [2.45, 2.75) is 12.5 Å². The Morgan fingerprint density at radius 1 is 1.62 bits per heavy atom. The van der Waals surface area contributed by atoms with Crippen LogP contribution in [-0.2, 0) is 0 Å². The van der Waals surface area contributed by atoms with Crippen molar-refractivity contribution < 1.29 is 0 Å². The lowest BCUT2D eigenvalue weighted by Crippen LogP contribution is -2.10. The molecule has 0 aromatic heterocycles. The summed E-state index contributed by atoms with van der Waals surface area (Å²) >= 11 is 8.18. The molecule has 0 amide bonds. The molecular weight excluding hydrogens is 296 g/mol. The summed E-state index contributed by atoms with van der Waals surface area (Å²) in [6, 6.07) is 5.79. The Hall–Kier alpha value is -0.0600. The first-order chi connectivity index (χ1) is 6.16. The van der Waals surface area contributed by atoms with Crippen LogP contribution in [0.3, 0.4) is 0 Å². The highest BCUT2D eigenvalue weighted by Gasteiger charge is 2.09. The highest BCUT2D eigenvalue weighted by Crippen LogP contribution is 2.26. The summed E-state index contributed by atoms with van der Waals surface area (Å²) < 4.78 is 1.04. The number of hydrogen-bond donors (Lipinski definition) is 1. The molecule has 0 saturated heterocycles. The zero-order valence-electron chi connectivity index (χ0n) is 7.13. The van der Waals surface area contributed by atoms with Gasteiger partial charge in [-0.1, -0.05) is 29.8 Å². The van der Waals surface area contributed by atoms with Gasteiger partial charge in [-0.2, -0.15) is 0 Å². The van der Waals surface area contributed by atoms with E-state index in [-0.39, 0.29) is 6.04 Å². The lowest BCUT2D eigenvalue weighted by molar-refractivity contribution is 0.737. The average Bonchev–Trinajstić information content (AvgIpc) is 2.10. The number of hydrogen-bond acceptors (Lipinski definition) is 1. The highest BCUT2D eigenvalue weighted by atomic mass is 127. The molecule has 0 radical (unpaired) electrons. The van der Waals surface area contributed by atoms with Crippen molar-refractivity contribution in [3.8, 4) is 0 Å². The smallest absolute Gasteiger partial charge is 0.0542 e. The van der Waals surface area contributed by atoms with E-state index in [0.29, 0.717) is 0 Å². The van der Waals surface area contributed by atoms with Gasteiger partial charge in [0.1, 0.15) is 0 Å². The van der Waals surface area contributed by atoms with Gasteiger partial charge in [-0.3, -0.25) is 0 Å². The predicted molar refractivity (Wildman–Crippen MR) is 65.9 cm³/mol. The molecule has 1 aromatic rings. The Balaban J connectivity index is 3.00. The molecule has 0 fully saturated rings. The van der Waals surface area contributed by atoms with Gasteiger partial charge >= 0.3 is 0 Å². The van der Waals surface area contributed by atoms with Crippen LogP contribution in [0.15, 0.2) is 30.9 Å². The zero-order valence-corrected chi connectivity index (χ0v) is 10.0. The fraction of sp³-hybridized carbons (Fsp3) is 0.200. The lowest BCUT2D eigenvalue weighted by Gasteiger charge is -2.12. The second-order valence-corrected chi connectivity index (χ2v) is 4.26. The number of halogens is 2. The van der Waals surface area contributed by atoms with Gasteiger partial charge in [0.05, 0.1) is 5.02 Å². The van der Waals surface area contributed by atoms with E-state index in [4.69, 9.17) is 17.3 Å². The fourth-order valence-electron chi connectivity index (χ4n) is 1.11. The first-order valence-corrected chi connectivity index (χ1v) is 5.43. The normalized spacial score (nSPS) is 12.5. The van der Waals surface area contributed by atoms with Crippen LogP contribution < -0.4 is 5.73 Å². The molecule has 0 saturated carbocycles. The van der Waals surface area contributed by atoms with E-state index in [0.717, 1.165) is 20.6 Å². The Morgan fingerprint density at radius 2 is 2.31 bits per heavy atom. The molecule has 1 rings (SSSR count). The summed E-state index contributed by atoms with van der Waals surface area (Å²) in [6.07, 6.45) is 2.60. The van der Waals surface area contributed by atoms with Crippen molar-refractivity contribution in [1.29, 1.82) is 0 Å². The largest absolute Gasteiger partial charge is 0.324 e. The molecule has 1 atom stereocenters. The second kappa shape index (κ2) is 4.98. The zero-order chi connectivity index (χ0) is 9.84. The number of benzene rings is 1. The Bertz CT molecular complexity index is 312. The quantitative estimate of drug-likeness (QED) is 0.671. The molecule has 0 bridgehead atoms. The molecular formula is C10H11ClIN. The topological polar surface area (TPSA) is 26.0 Å². The molecule has 0 heterocycles. The third-order valence-electron chi connectivity index (χ3n) is 1.80. The van der Waals surface area contributed by atoms with Crippen molar-refractivity contribution >= 4 is 34.2 Å². The van der Waals surface area contributed by atoms with E-state index in [9.17, 15) is 0 Å². The molecule has 2 N–H and O–H groups in total. The van der Waals surface area contributed by atoms with Crippen molar-refractivity contribution in [3.63, 3.8) is 0 Å². The summed E-state index contributed by atoms with van der Waals surface area (Å²) in [4.78, 5) is 0. The van der Waals surface area contributed by atoms with Gasteiger partial charge in [0.15, 0.2) is 0 Å². The maximum absolute atomic E-state index is 5.97. The van der Waals surface area contributed by atoms with Crippen LogP contribution in [0.1, 0.15) is 18.0 Å². The Kier molecular flexibility index (Phi) is 4.22. The Labute approximate surface area is 97.1 Å². The summed E-state index contributed by atoms with van der Waals surface area (Å²) in [5.74, 6) is 0. The summed E-state index contributed by atoms with van der Waals surface area (Å²) in [6.45, 7) is 3.66. The van der Waals surface area contributed by atoms with E-state index < -0.39 is 0 Å². The van der Waals surface area contributed by atoms with Crippen molar-refractivity contribution in [3.05, 3.63) is 45.0 Å². The lowest BCUT2D eigenvalue weighted by atomic mass is 10.1. The van der Waals surface area contributed by atoms with Gasteiger partial charge in [-0.15, -0.1) is 6.58 Å². The van der Waals surface area contributed by atoms with E-state index in [2.05, 4.69) is 29.2 Å². The molecule has 0 aliphatic heterocycles. The van der Waals surface area contributed by atoms with Gasteiger partial charge in [0, 0.05) is 9.61 Å². The maximum atomic E-state index is 5.97. The third-order valence-corrected chi connectivity index (χ3v) is 3.64. The summed E-state index contributed by atoms with van der Waals surface area (Å²) in [5, 5.41) is 0.762. The molecule has 0 spiro atoms. The molecule has 0 aliphatic carbocycles. The van der Waals surface area contributed by atoms with Crippen LogP contribution in [0.25, 0.3) is 0 Å². The van der Waals surface area contributed by atoms with Crippen molar-refractivity contribution in [2.24, 2.45) is 5.73 Å². The minimum Gasteiger partial charge on any atom is -0.324 e. The van der Waals surface area contributed by atoms with Gasteiger partial charge in [0.25, 0.3) is 0 Å². The monoisotopic (exact) mass is 307 g/mol. The van der Waals surface area contributed by atoms with Crippen molar-refractivity contribution in [2.75, 3.05) is 0 Å². The highest BCUT2D eigenvalue weighted by molar-refractivity contribution is 14.1. The first-order valence-electron chi connectivity index (χ1n) is 3.97. The minimum absolute atomic E-state index is 0.00287. The van der Waals surface area contributed by atoms with Gasteiger partial charge in [-0.05, 0) is 40.6 Å². The standard InChI is InChI=1S/C10H11ClIN/c1-2-4-9(13)7-5-3-6-8(11)10(7)12/h2-3,5-6,9H,1,4,13H2/t9-/m1/s1. The molecule has 3 heteroatoms. The maximum Gasteiger partial charge on any atom is 0.0542 e. The molecule has 0 aliphatic rings. The average molecular weight is 308 g/mol. The number of nitrogens with two attached hydrogens (primary N) is 1. The van der Waals surface area contributed by atoms with Crippen LogP contribution >= 0.6 is 34.2 Å². The number of rotatable bonds is 3. The third kappa shape index (κ3) is 2.69. The summed E-state index contributed by atoms with van der Waals surface area (Å²) in [7, 11) is 0. The van der Waals surface area contributed by atoms with E-state index >= 15 is 0 Å². The van der Waals surface area contributed by atoms with Gasteiger partial charge in [0.2, 0.25) is 0 Å². The second-order valence-electron chi connectivity index (χ2n) is 2.77. The van der Waals surface area contributed by atoms with Crippen LogP contribution in [0.2, 0.25) is 5.02 Å². The molecule has 1 aromatic carbocycles. The molecule has 0 unspecified atom stereocenters. The Morgan fingerprint density at radius 3 is 2.92 bits per heavy atom. The van der Waals surface area contributed by atoms with Crippen LogP contribution in [0, 0.1) is 3.57 Å². The molecule has 13 heavy (non-hydrogen) atoms. The van der Waals surface area contributed by atoms with Crippen LogP contribution in [0.5, 0.6) is 0 Å².